The van der Waals surface area contributed by atoms with Crippen LogP contribution < -0.4 is 5.32 Å². The quantitative estimate of drug-likeness (QED) is 0.876. The lowest BCUT2D eigenvalue weighted by Gasteiger charge is -2.09. The fourth-order valence-corrected chi connectivity index (χ4v) is 2.19. The molecule has 0 radical (unpaired) electrons. The van der Waals surface area contributed by atoms with Gasteiger partial charge in [-0.05, 0) is 17.7 Å². The van der Waals surface area contributed by atoms with Crippen LogP contribution in [0, 0.1) is 0 Å². The van der Waals surface area contributed by atoms with Crippen molar-refractivity contribution < 1.29 is 13.2 Å². The van der Waals surface area contributed by atoms with Gasteiger partial charge in [0.1, 0.15) is 0 Å². The lowest BCUT2D eigenvalue weighted by atomic mass is 10.2. The van der Waals surface area contributed by atoms with Crippen LogP contribution in [0.25, 0.3) is 0 Å². The van der Waals surface area contributed by atoms with Gasteiger partial charge in [-0.1, -0.05) is 37.9 Å². The summed E-state index contributed by atoms with van der Waals surface area (Å²) in [4.78, 5) is 0. The van der Waals surface area contributed by atoms with Crippen LogP contribution in [0.4, 0.5) is 13.2 Å². The Morgan fingerprint density at radius 2 is 1.87 bits per heavy atom. The molecule has 0 fully saturated rings. The third kappa shape index (κ3) is 4.99. The van der Waals surface area contributed by atoms with Crippen molar-refractivity contribution in [2.75, 3.05) is 6.54 Å². The van der Waals surface area contributed by atoms with Crippen molar-refractivity contribution >= 4 is 31.9 Å². The average molecular weight is 347 g/mol. The molecular weight excluding hydrogens is 339 g/mol. The average Bonchev–Trinajstić information content (AvgIpc) is 2.07. The maximum atomic E-state index is 11.8. The van der Waals surface area contributed by atoms with E-state index in [1.807, 2.05) is 0 Å². The molecule has 6 heteroatoms. The molecule has 1 nitrogen and oxygen atoms in total. The van der Waals surface area contributed by atoms with Crippen molar-refractivity contribution in [1.29, 1.82) is 0 Å². The minimum atomic E-state index is -4.16. The molecule has 0 heterocycles. The van der Waals surface area contributed by atoms with E-state index in [4.69, 9.17) is 0 Å². The van der Waals surface area contributed by atoms with E-state index < -0.39 is 12.7 Å². The van der Waals surface area contributed by atoms with Crippen LogP contribution in [0.2, 0.25) is 0 Å². The Kier molecular flexibility index (Phi) is 4.61. The van der Waals surface area contributed by atoms with Crippen molar-refractivity contribution in [2.24, 2.45) is 0 Å². The molecular formula is C9H8Br2F3N. The summed E-state index contributed by atoms with van der Waals surface area (Å²) in [5.74, 6) is 0. The molecule has 0 aliphatic rings. The first-order chi connectivity index (χ1) is 6.88. The van der Waals surface area contributed by atoms with Gasteiger partial charge in [0.05, 0.1) is 6.54 Å². The van der Waals surface area contributed by atoms with Crippen LogP contribution in [0.15, 0.2) is 27.1 Å². The van der Waals surface area contributed by atoms with Gasteiger partial charge in [0.2, 0.25) is 0 Å². The normalized spacial score (nSPS) is 11.8. The molecule has 1 N–H and O–H groups in total. The highest BCUT2D eigenvalue weighted by molar-refractivity contribution is 9.11. The molecule has 15 heavy (non-hydrogen) atoms. The number of nitrogens with one attached hydrogen (secondary N) is 1. The standard InChI is InChI=1S/C9H8Br2F3N/c10-7-2-1-6(8(11)3-7)4-15-5-9(12,13)14/h1-3,15H,4-5H2. The van der Waals surface area contributed by atoms with Gasteiger partial charge in [-0.2, -0.15) is 13.2 Å². The van der Waals surface area contributed by atoms with Crippen molar-refractivity contribution in [3.05, 3.63) is 32.7 Å². The molecule has 1 rings (SSSR count). The minimum Gasteiger partial charge on any atom is -0.305 e. The fraction of sp³-hybridized carbons (Fsp3) is 0.333. The molecule has 1 aromatic carbocycles. The van der Waals surface area contributed by atoms with Gasteiger partial charge in [0.15, 0.2) is 0 Å². The van der Waals surface area contributed by atoms with E-state index in [1.165, 1.54) is 0 Å². The second-order valence-electron chi connectivity index (χ2n) is 2.95. The number of benzene rings is 1. The summed E-state index contributed by atoms with van der Waals surface area (Å²) in [5.41, 5.74) is 0.794. The molecule has 0 spiro atoms. The van der Waals surface area contributed by atoms with Gasteiger partial charge in [-0.25, -0.2) is 0 Å². The van der Waals surface area contributed by atoms with Crippen LogP contribution in [0.3, 0.4) is 0 Å². The fourth-order valence-electron chi connectivity index (χ4n) is 1.00. The summed E-state index contributed by atoms with van der Waals surface area (Å²) in [6.07, 6.45) is -4.16. The van der Waals surface area contributed by atoms with Crippen molar-refractivity contribution in [1.82, 2.24) is 5.32 Å². The Morgan fingerprint density at radius 3 is 2.40 bits per heavy atom. The summed E-state index contributed by atoms with van der Waals surface area (Å²) < 4.78 is 37.2. The van der Waals surface area contributed by atoms with Crippen molar-refractivity contribution in [3.8, 4) is 0 Å². The number of hydrogen-bond acceptors (Lipinski definition) is 1. The summed E-state index contributed by atoms with van der Waals surface area (Å²) in [6, 6.07) is 5.34. The Balaban J connectivity index is 2.51. The van der Waals surface area contributed by atoms with Crippen LogP contribution in [-0.2, 0) is 6.54 Å². The van der Waals surface area contributed by atoms with E-state index in [9.17, 15) is 13.2 Å². The van der Waals surface area contributed by atoms with E-state index in [1.54, 1.807) is 18.2 Å². The first-order valence-corrected chi connectivity index (χ1v) is 5.68. The summed E-state index contributed by atoms with van der Waals surface area (Å²) in [7, 11) is 0. The predicted molar refractivity (Wildman–Crippen MR) is 59.6 cm³/mol. The van der Waals surface area contributed by atoms with Gasteiger partial charge in [0, 0.05) is 15.5 Å². The third-order valence-electron chi connectivity index (χ3n) is 1.66. The van der Waals surface area contributed by atoms with E-state index in [2.05, 4.69) is 37.2 Å². The third-order valence-corrected chi connectivity index (χ3v) is 2.89. The predicted octanol–water partition coefficient (Wildman–Crippen LogP) is 3.86. The summed E-state index contributed by atoms with van der Waals surface area (Å²) in [6.45, 7) is -0.789. The van der Waals surface area contributed by atoms with Crippen molar-refractivity contribution in [3.63, 3.8) is 0 Å². The van der Waals surface area contributed by atoms with E-state index in [-0.39, 0.29) is 6.54 Å². The molecule has 0 atom stereocenters. The lowest BCUT2D eigenvalue weighted by molar-refractivity contribution is -0.125. The molecule has 0 saturated carbocycles. The Bertz CT molecular complexity index is 339. The second-order valence-corrected chi connectivity index (χ2v) is 4.72. The van der Waals surface area contributed by atoms with Gasteiger partial charge in [-0.15, -0.1) is 0 Å². The Hall–Kier alpha value is -0.0700. The highest BCUT2D eigenvalue weighted by atomic mass is 79.9. The van der Waals surface area contributed by atoms with Crippen LogP contribution >= 0.6 is 31.9 Å². The lowest BCUT2D eigenvalue weighted by Crippen LogP contribution is -2.28. The van der Waals surface area contributed by atoms with Gasteiger partial charge in [0.25, 0.3) is 0 Å². The van der Waals surface area contributed by atoms with E-state index in [0.29, 0.717) is 0 Å². The molecule has 84 valence electrons. The molecule has 0 unspecified atom stereocenters. The smallest absolute Gasteiger partial charge is 0.305 e. The maximum absolute atomic E-state index is 11.8. The van der Waals surface area contributed by atoms with Crippen LogP contribution in [0.5, 0.6) is 0 Å². The molecule has 0 bridgehead atoms. The van der Waals surface area contributed by atoms with E-state index >= 15 is 0 Å². The molecule has 0 aromatic heterocycles. The molecule has 0 saturated heterocycles. The van der Waals surface area contributed by atoms with Crippen LogP contribution in [0.1, 0.15) is 5.56 Å². The first kappa shape index (κ1) is 13.0. The number of halogens is 5. The zero-order valence-electron chi connectivity index (χ0n) is 7.54. The SMILES string of the molecule is FC(F)(F)CNCc1ccc(Br)cc1Br. The number of rotatable bonds is 3. The molecule has 0 amide bonds. The maximum Gasteiger partial charge on any atom is 0.401 e. The molecule has 0 aliphatic heterocycles. The highest BCUT2D eigenvalue weighted by Crippen LogP contribution is 2.22. The Labute approximate surface area is 102 Å². The molecule has 1 aromatic rings. The van der Waals surface area contributed by atoms with Gasteiger partial charge >= 0.3 is 6.18 Å². The van der Waals surface area contributed by atoms with Crippen LogP contribution in [-0.4, -0.2) is 12.7 Å². The van der Waals surface area contributed by atoms with E-state index in [0.717, 1.165) is 14.5 Å². The van der Waals surface area contributed by atoms with Crippen molar-refractivity contribution in [2.45, 2.75) is 12.7 Å². The summed E-state index contributed by atoms with van der Waals surface area (Å²) >= 11 is 6.54. The number of alkyl halides is 3. The number of hydrogen-bond donors (Lipinski definition) is 1. The Morgan fingerprint density at radius 1 is 1.20 bits per heavy atom. The molecule has 0 aliphatic carbocycles. The zero-order valence-corrected chi connectivity index (χ0v) is 10.7. The largest absolute Gasteiger partial charge is 0.401 e. The minimum absolute atomic E-state index is 0.188. The monoisotopic (exact) mass is 345 g/mol. The van der Waals surface area contributed by atoms with Gasteiger partial charge < -0.3 is 5.32 Å². The topological polar surface area (TPSA) is 12.0 Å². The highest BCUT2D eigenvalue weighted by Gasteiger charge is 2.26. The second kappa shape index (κ2) is 5.32. The first-order valence-electron chi connectivity index (χ1n) is 4.10. The summed E-state index contributed by atoms with van der Waals surface area (Å²) in [5, 5.41) is 2.33. The van der Waals surface area contributed by atoms with Gasteiger partial charge in [-0.3, -0.25) is 0 Å². The zero-order chi connectivity index (χ0) is 11.5.